The molecule has 1 atom stereocenters. The van der Waals surface area contributed by atoms with Crippen molar-refractivity contribution in [2.75, 3.05) is 0 Å². The van der Waals surface area contributed by atoms with Gasteiger partial charge < -0.3 is 4.90 Å². The molecule has 2 nitrogen and oxygen atoms in total. The van der Waals surface area contributed by atoms with Crippen molar-refractivity contribution in [2.45, 2.75) is 19.5 Å². The zero-order valence-corrected chi connectivity index (χ0v) is 12.5. The van der Waals surface area contributed by atoms with Crippen LogP contribution in [0.2, 0.25) is 10.0 Å². The van der Waals surface area contributed by atoms with Crippen LogP contribution >= 0.6 is 23.2 Å². The van der Waals surface area contributed by atoms with Gasteiger partial charge >= 0.3 is 0 Å². The average molecular weight is 305 g/mol. The molecule has 20 heavy (non-hydrogen) atoms. The second-order valence-electron chi connectivity index (χ2n) is 4.98. The van der Waals surface area contributed by atoms with Crippen molar-refractivity contribution in [1.29, 1.82) is 5.41 Å². The van der Waals surface area contributed by atoms with Crippen LogP contribution in [0.25, 0.3) is 0 Å². The van der Waals surface area contributed by atoms with Gasteiger partial charge in [-0.15, -0.1) is 0 Å². The lowest BCUT2D eigenvalue weighted by atomic mass is 10.1. The van der Waals surface area contributed by atoms with E-state index in [4.69, 9.17) is 28.6 Å². The number of hydrogen-bond acceptors (Lipinski definition) is 1. The van der Waals surface area contributed by atoms with Crippen LogP contribution in [0.4, 0.5) is 0 Å². The molecule has 2 aromatic carbocycles. The number of halogens is 2. The fourth-order valence-electron chi connectivity index (χ4n) is 2.65. The van der Waals surface area contributed by atoms with E-state index >= 15 is 0 Å². The van der Waals surface area contributed by atoms with Crippen molar-refractivity contribution >= 4 is 29.0 Å². The van der Waals surface area contributed by atoms with E-state index in [-0.39, 0.29) is 6.04 Å². The van der Waals surface area contributed by atoms with E-state index in [1.807, 2.05) is 30.3 Å². The quantitative estimate of drug-likeness (QED) is 0.840. The fraction of sp³-hybridized carbons (Fsp3) is 0.188. The first-order chi connectivity index (χ1) is 9.58. The van der Waals surface area contributed by atoms with Crippen LogP contribution < -0.4 is 0 Å². The highest BCUT2D eigenvalue weighted by molar-refractivity contribution is 6.35. The SMILES string of the molecule is CC(c1ccc(Cl)cc1Cl)N1Cc2ccccc2C1=N. The minimum absolute atomic E-state index is 0.0414. The summed E-state index contributed by atoms with van der Waals surface area (Å²) in [7, 11) is 0. The Morgan fingerprint density at radius 2 is 1.90 bits per heavy atom. The van der Waals surface area contributed by atoms with Gasteiger partial charge in [-0.1, -0.05) is 53.5 Å². The molecule has 1 N–H and O–H groups in total. The molecule has 0 amide bonds. The van der Waals surface area contributed by atoms with Gasteiger partial charge in [0.2, 0.25) is 0 Å². The minimum Gasteiger partial charge on any atom is -0.345 e. The summed E-state index contributed by atoms with van der Waals surface area (Å²) in [6.45, 7) is 2.81. The molecule has 1 aliphatic heterocycles. The highest BCUT2D eigenvalue weighted by Crippen LogP contribution is 2.34. The molecule has 0 aromatic heterocycles. The third-order valence-corrected chi connectivity index (χ3v) is 4.34. The van der Waals surface area contributed by atoms with Crippen LogP contribution in [0, 0.1) is 5.41 Å². The van der Waals surface area contributed by atoms with Crippen molar-refractivity contribution in [3.8, 4) is 0 Å². The van der Waals surface area contributed by atoms with Crippen LogP contribution in [-0.2, 0) is 6.54 Å². The number of benzene rings is 2. The number of nitrogens with zero attached hydrogens (tertiary/aromatic N) is 1. The molecule has 1 aliphatic rings. The van der Waals surface area contributed by atoms with Gasteiger partial charge in [0, 0.05) is 22.2 Å². The summed E-state index contributed by atoms with van der Waals surface area (Å²) < 4.78 is 0. The van der Waals surface area contributed by atoms with Crippen molar-refractivity contribution in [3.05, 3.63) is 69.2 Å². The van der Waals surface area contributed by atoms with E-state index in [9.17, 15) is 0 Å². The Balaban J connectivity index is 1.93. The summed E-state index contributed by atoms with van der Waals surface area (Å²) in [4.78, 5) is 2.06. The Morgan fingerprint density at radius 3 is 2.60 bits per heavy atom. The highest BCUT2D eigenvalue weighted by atomic mass is 35.5. The second kappa shape index (κ2) is 5.12. The van der Waals surface area contributed by atoms with Crippen LogP contribution in [0.15, 0.2) is 42.5 Å². The Morgan fingerprint density at radius 1 is 1.15 bits per heavy atom. The van der Waals surface area contributed by atoms with Crippen LogP contribution in [-0.4, -0.2) is 10.7 Å². The van der Waals surface area contributed by atoms with E-state index in [0.29, 0.717) is 15.9 Å². The third kappa shape index (κ3) is 2.19. The van der Waals surface area contributed by atoms with Crippen molar-refractivity contribution in [3.63, 3.8) is 0 Å². The molecule has 3 rings (SSSR count). The molecule has 1 heterocycles. The molecular weight excluding hydrogens is 291 g/mol. The van der Waals surface area contributed by atoms with Gasteiger partial charge in [-0.25, -0.2) is 0 Å². The lowest BCUT2D eigenvalue weighted by molar-refractivity contribution is 0.341. The Bertz CT molecular complexity index is 682. The first-order valence-corrected chi connectivity index (χ1v) is 7.22. The summed E-state index contributed by atoms with van der Waals surface area (Å²) in [6.07, 6.45) is 0. The van der Waals surface area contributed by atoms with Gasteiger partial charge in [0.25, 0.3) is 0 Å². The van der Waals surface area contributed by atoms with Gasteiger partial charge in [-0.05, 0) is 30.2 Å². The Hall–Kier alpha value is -1.51. The fourth-order valence-corrected chi connectivity index (χ4v) is 3.21. The summed E-state index contributed by atoms with van der Waals surface area (Å²) in [6, 6.07) is 13.6. The van der Waals surface area contributed by atoms with Crippen LogP contribution in [0.5, 0.6) is 0 Å². The number of rotatable bonds is 2. The lowest BCUT2D eigenvalue weighted by Gasteiger charge is -2.27. The number of hydrogen-bond donors (Lipinski definition) is 1. The monoisotopic (exact) mass is 304 g/mol. The first-order valence-electron chi connectivity index (χ1n) is 6.46. The average Bonchev–Trinajstić information content (AvgIpc) is 2.76. The molecular formula is C16H14Cl2N2. The van der Waals surface area contributed by atoms with E-state index in [1.54, 1.807) is 6.07 Å². The predicted molar refractivity (Wildman–Crippen MR) is 83.7 cm³/mol. The number of nitrogens with one attached hydrogen (secondary N) is 1. The molecule has 0 saturated heterocycles. The number of amidine groups is 1. The van der Waals surface area contributed by atoms with Gasteiger partial charge in [0.15, 0.2) is 0 Å². The molecule has 0 fully saturated rings. The van der Waals surface area contributed by atoms with Crippen molar-refractivity contribution in [1.82, 2.24) is 4.90 Å². The first kappa shape index (κ1) is 13.5. The Labute approximate surface area is 128 Å². The lowest BCUT2D eigenvalue weighted by Crippen LogP contribution is -2.27. The molecule has 1 unspecified atom stereocenters. The normalized spacial score (nSPS) is 15.3. The topological polar surface area (TPSA) is 27.1 Å². The maximum absolute atomic E-state index is 8.34. The Kier molecular flexibility index (Phi) is 3.45. The van der Waals surface area contributed by atoms with Crippen LogP contribution in [0.1, 0.15) is 29.7 Å². The van der Waals surface area contributed by atoms with Crippen LogP contribution in [0.3, 0.4) is 0 Å². The zero-order chi connectivity index (χ0) is 14.3. The summed E-state index contributed by atoms with van der Waals surface area (Å²) in [5, 5.41) is 9.61. The van der Waals surface area contributed by atoms with E-state index in [0.717, 1.165) is 17.7 Å². The summed E-state index contributed by atoms with van der Waals surface area (Å²) >= 11 is 12.2. The van der Waals surface area contributed by atoms with Crippen molar-refractivity contribution in [2.24, 2.45) is 0 Å². The molecule has 102 valence electrons. The maximum atomic E-state index is 8.34. The molecule has 0 saturated carbocycles. The van der Waals surface area contributed by atoms with Gasteiger partial charge in [-0.2, -0.15) is 0 Å². The highest BCUT2D eigenvalue weighted by Gasteiger charge is 2.28. The van der Waals surface area contributed by atoms with Gasteiger partial charge in [0.05, 0.1) is 6.04 Å². The summed E-state index contributed by atoms with van der Waals surface area (Å²) in [5.41, 5.74) is 3.19. The summed E-state index contributed by atoms with van der Waals surface area (Å²) in [5.74, 6) is 0.555. The standard InChI is InChI=1S/C16H14Cl2N2/c1-10(13-7-6-12(17)8-15(13)18)20-9-11-4-2-3-5-14(11)16(20)19/h2-8,10,19H,9H2,1H3. The molecule has 4 heteroatoms. The zero-order valence-electron chi connectivity index (χ0n) is 11.0. The van der Waals surface area contributed by atoms with Gasteiger partial charge in [0.1, 0.15) is 5.84 Å². The molecule has 0 bridgehead atoms. The van der Waals surface area contributed by atoms with Crippen molar-refractivity contribution < 1.29 is 0 Å². The molecule has 0 aliphatic carbocycles. The molecule has 2 aromatic rings. The van der Waals surface area contributed by atoms with E-state index in [1.165, 1.54) is 5.56 Å². The predicted octanol–water partition coefficient (Wildman–Crippen LogP) is 4.90. The second-order valence-corrected chi connectivity index (χ2v) is 5.82. The molecule has 0 spiro atoms. The minimum atomic E-state index is 0.0414. The third-order valence-electron chi connectivity index (χ3n) is 3.78. The van der Waals surface area contributed by atoms with Gasteiger partial charge in [-0.3, -0.25) is 5.41 Å². The maximum Gasteiger partial charge on any atom is 0.129 e. The largest absolute Gasteiger partial charge is 0.345 e. The molecule has 0 radical (unpaired) electrons. The smallest absolute Gasteiger partial charge is 0.129 e. The number of fused-ring (bicyclic) bond motifs is 1. The van der Waals surface area contributed by atoms with E-state index in [2.05, 4.69) is 17.9 Å². The van der Waals surface area contributed by atoms with E-state index < -0.39 is 0 Å².